The van der Waals surface area contributed by atoms with Gasteiger partial charge in [0.15, 0.2) is 5.96 Å². The van der Waals surface area contributed by atoms with Crippen LogP contribution in [0.25, 0.3) is 0 Å². The van der Waals surface area contributed by atoms with E-state index in [0.29, 0.717) is 19.0 Å². The van der Waals surface area contributed by atoms with Crippen LogP contribution in [0, 0.1) is 0 Å². The van der Waals surface area contributed by atoms with E-state index >= 15 is 0 Å². The fourth-order valence-corrected chi connectivity index (χ4v) is 3.88. The van der Waals surface area contributed by atoms with Gasteiger partial charge in [0.25, 0.3) is 0 Å². The van der Waals surface area contributed by atoms with Crippen LogP contribution in [-0.2, 0) is 17.6 Å². The first-order valence-corrected chi connectivity index (χ1v) is 10.8. The molecule has 1 saturated carbocycles. The molecule has 2 aliphatic rings. The van der Waals surface area contributed by atoms with Crippen LogP contribution in [0.4, 0.5) is 0 Å². The highest BCUT2D eigenvalue weighted by molar-refractivity contribution is 5.80. The number of hydrogen-bond donors (Lipinski definition) is 3. The number of aliphatic imine (C=N–C) groups is 1. The van der Waals surface area contributed by atoms with Crippen molar-refractivity contribution in [2.24, 2.45) is 4.99 Å². The highest BCUT2D eigenvalue weighted by Gasteiger charge is 2.15. The Morgan fingerprint density at radius 2 is 2.07 bits per heavy atom. The Morgan fingerprint density at radius 1 is 1.21 bits per heavy atom. The third-order valence-corrected chi connectivity index (χ3v) is 5.38. The fourth-order valence-electron chi connectivity index (χ4n) is 3.88. The first kappa shape index (κ1) is 20.5. The predicted octanol–water partition coefficient (Wildman–Crippen LogP) is 2.56. The SMILES string of the molecule is CCNC(=NCCC(=O)NC1CCCCC1)NCCc1ccc2c(c1)CCO2. The number of carbonyl (C=O) groups excluding carboxylic acids is 1. The van der Waals surface area contributed by atoms with Crippen molar-refractivity contribution in [2.45, 2.75) is 64.3 Å². The highest BCUT2D eigenvalue weighted by atomic mass is 16.5. The van der Waals surface area contributed by atoms with Gasteiger partial charge in [-0.15, -0.1) is 0 Å². The molecule has 1 fully saturated rings. The smallest absolute Gasteiger partial charge is 0.222 e. The van der Waals surface area contributed by atoms with Crippen LogP contribution in [0.1, 0.15) is 56.6 Å². The summed E-state index contributed by atoms with van der Waals surface area (Å²) < 4.78 is 5.56. The lowest BCUT2D eigenvalue weighted by Crippen LogP contribution is -2.39. The molecule has 3 N–H and O–H groups in total. The Bertz CT molecular complexity index is 669. The molecule has 1 aromatic carbocycles. The van der Waals surface area contributed by atoms with Crippen molar-refractivity contribution in [1.82, 2.24) is 16.0 Å². The molecular weight excluding hydrogens is 352 g/mol. The summed E-state index contributed by atoms with van der Waals surface area (Å²) >= 11 is 0. The van der Waals surface area contributed by atoms with E-state index in [9.17, 15) is 4.79 Å². The van der Waals surface area contributed by atoms with E-state index < -0.39 is 0 Å². The summed E-state index contributed by atoms with van der Waals surface area (Å²) in [6, 6.07) is 6.81. The van der Waals surface area contributed by atoms with Crippen molar-refractivity contribution >= 4 is 11.9 Å². The van der Waals surface area contributed by atoms with E-state index in [0.717, 1.165) is 57.1 Å². The van der Waals surface area contributed by atoms with Crippen LogP contribution in [-0.4, -0.2) is 44.1 Å². The van der Waals surface area contributed by atoms with Crippen molar-refractivity contribution in [3.05, 3.63) is 29.3 Å². The molecule has 1 amide bonds. The summed E-state index contributed by atoms with van der Waals surface area (Å²) in [6.07, 6.45) is 8.38. The molecule has 6 heteroatoms. The third-order valence-electron chi connectivity index (χ3n) is 5.38. The Hall–Kier alpha value is -2.24. The molecule has 28 heavy (non-hydrogen) atoms. The molecule has 154 valence electrons. The number of ether oxygens (including phenoxy) is 1. The van der Waals surface area contributed by atoms with Gasteiger partial charge in [-0.1, -0.05) is 31.4 Å². The largest absolute Gasteiger partial charge is 0.493 e. The maximum absolute atomic E-state index is 12.1. The number of nitrogens with zero attached hydrogens (tertiary/aromatic N) is 1. The maximum atomic E-state index is 12.1. The minimum Gasteiger partial charge on any atom is -0.493 e. The lowest BCUT2D eigenvalue weighted by Gasteiger charge is -2.22. The van der Waals surface area contributed by atoms with Crippen molar-refractivity contribution in [3.8, 4) is 5.75 Å². The molecule has 0 unspecified atom stereocenters. The van der Waals surface area contributed by atoms with E-state index in [2.05, 4.69) is 39.1 Å². The predicted molar refractivity (Wildman–Crippen MR) is 113 cm³/mol. The molecule has 0 atom stereocenters. The van der Waals surface area contributed by atoms with Crippen LogP contribution < -0.4 is 20.7 Å². The number of amides is 1. The summed E-state index contributed by atoms with van der Waals surface area (Å²) in [4.78, 5) is 16.7. The van der Waals surface area contributed by atoms with Crippen LogP contribution in [0.3, 0.4) is 0 Å². The van der Waals surface area contributed by atoms with Crippen LogP contribution in [0.5, 0.6) is 5.75 Å². The van der Waals surface area contributed by atoms with Crippen molar-refractivity contribution in [2.75, 3.05) is 26.2 Å². The Kier molecular flexibility index (Phi) is 8.00. The summed E-state index contributed by atoms with van der Waals surface area (Å²) in [5.41, 5.74) is 2.61. The van der Waals surface area contributed by atoms with Crippen LogP contribution in [0.2, 0.25) is 0 Å². The fraction of sp³-hybridized carbons (Fsp3) is 0.636. The van der Waals surface area contributed by atoms with Gasteiger partial charge in [-0.05, 0) is 43.4 Å². The average molecular weight is 387 g/mol. The second-order valence-electron chi connectivity index (χ2n) is 7.63. The van der Waals surface area contributed by atoms with Gasteiger partial charge in [-0.2, -0.15) is 0 Å². The first-order valence-electron chi connectivity index (χ1n) is 10.8. The molecule has 1 aliphatic heterocycles. The standard InChI is InChI=1S/C22H34N4O2/c1-2-23-22(25-14-11-21(27)26-19-6-4-3-5-7-19)24-13-10-17-8-9-20-18(16-17)12-15-28-20/h8-9,16,19H,2-7,10-15H2,1H3,(H,26,27)(H2,23,24,25). The number of guanidine groups is 1. The molecule has 0 spiro atoms. The van der Waals surface area contributed by atoms with Gasteiger partial charge < -0.3 is 20.7 Å². The van der Waals surface area contributed by atoms with Crippen molar-refractivity contribution < 1.29 is 9.53 Å². The normalized spacial score (nSPS) is 17.0. The van der Waals surface area contributed by atoms with E-state index in [1.165, 1.54) is 30.4 Å². The third kappa shape index (κ3) is 6.43. The van der Waals surface area contributed by atoms with Gasteiger partial charge >= 0.3 is 0 Å². The molecular formula is C22H34N4O2. The summed E-state index contributed by atoms with van der Waals surface area (Å²) in [6.45, 7) is 4.95. The molecule has 1 heterocycles. The number of hydrogen-bond acceptors (Lipinski definition) is 3. The lowest BCUT2D eigenvalue weighted by atomic mass is 9.95. The zero-order chi connectivity index (χ0) is 19.6. The molecule has 0 saturated heterocycles. The Labute approximate surface area is 168 Å². The number of carbonyl (C=O) groups is 1. The second kappa shape index (κ2) is 10.9. The van der Waals surface area contributed by atoms with E-state index in [1.807, 2.05) is 6.92 Å². The molecule has 1 aromatic rings. The van der Waals surface area contributed by atoms with E-state index in [-0.39, 0.29) is 5.91 Å². The van der Waals surface area contributed by atoms with Gasteiger partial charge in [-0.3, -0.25) is 9.79 Å². The topological polar surface area (TPSA) is 74.8 Å². The van der Waals surface area contributed by atoms with Crippen molar-refractivity contribution in [3.63, 3.8) is 0 Å². The monoisotopic (exact) mass is 386 g/mol. The molecule has 1 aliphatic carbocycles. The minimum absolute atomic E-state index is 0.117. The maximum Gasteiger partial charge on any atom is 0.222 e. The average Bonchev–Trinajstić information content (AvgIpc) is 3.16. The van der Waals surface area contributed by atoms with Gasteiger partial charge in [0, 0.05) is 32.0 Å². The lowest BCUT2D eigenvalue weighted by molar-refractivity contribution is -0.121. The molecule has 0 radical (unpaired) electrons. The van der Waals surface area contributed by atoms with Gasteiger partial charge in [0.05, 0.1) is 13.2 Å². The quantitative estimate of drug-likeness (QED) is 0.474. The summed E-state index contributed by atoms with van der Waals surface area (Å²) in [5, 5.41) is 9.77. The van der Waals surface area contributed by atoms with Gasteiger partial charge in [0.1, 0.15) is 5.75 Å². The minimum atomic E-state index is 0.117. The number of fused-ring (bicyclic) bond motifs is 1. The number of benzene rings is 1. The first-order chi connectivity index (χ1) is 13.7. The zero-order valence-electron chi connectivity index (χ0n) is 17.1. The molecule has 0 bridgehead atoms. The molecule has 0 aromatic heterocycles. The molecule has 3 rings (SSSR count). The summed E-state index contributed by atoms with van der Waals surface area (Å²) in [7, 11) is 0. The van der Waals surface area contributed by atoms with Gasteiger partial charge in [-0.25, -0.2) is 0 Å². The highest BCUT2D eigenvalue weighted by Crippen LogP contribution is 2.25. The van der Waals surface area contributed by atoms with Crippen LogP contribution >= 0.6 is 0 Å². The van der Waals surface area contributed by atoms with E-state index in [4.69, 9.17) is 4.74 Å². The zero-order valence-corrected chi connectivity index (χ0v) is 17.1. The molecule has 6 nitrogen and oxygen atoms in total. The van der Waals surface area contributed by atoms with Gasteiger partial charge in [0.2, 0.25) is 5.91 Å². The Morgan fingerprint density at radius 3 is 2.89 bits per heavy atom. The Balaban J connectivity index is 1.39. The van der Waals surface area contributed by atoms with E-state index in [1.54, 1.807) is 0 Å². The van der Waals surface area contributed by atoms with Crippen LogP contribution in [0.15, 0.2) is 23.2 Å². The van der Waals surface area contributed by atoms with Crippen molar-refractivity contribution in [1.29, 1.82) is 0 Å². The summed E-state index contributed by atoms with van der Waals surface area (Å²) in [5.74, 6) is 1.92. The second-order valence-corrected chi connectivity index (χ2v) is 7.63. The number of nitrogens with one attached hydrogen (secondary N) is 3. The number of rotatable bonds is 8.